The molecule has 0 fully saturated rings. The zero-order chi connectivity index (χ0) is 9.56. The van der Waals surface area contributed by atoms with Crippen LogP contribution in [0.2, 0.25) is 0 Å². The Balaban J connectivity index is 3.87. The molecule has 5 heteroatoms. The maximum absolute atomic E-state index is 10.5. The Hall–Kier alpha value is -1.10. The number of rotatable bonds is 5. The first-order valence-corrected chi connectivity index (χ1v) is 3.82. The smallest absolute Gasteiger partial charge is 0.326 e. The molecule has 70 valence electrons. The molecule has 0 spiro atoms. The van der Waals surface area contributed by atoms with E-state index < -0.39 is 12.0 Å². The molecule has 0 radical (unpaired) electrons. The Kier molecular flexibility index (Phi) is 5.03. The van der Waals surface area contributed by atoms with Gasteiger partial charge in [-0.3, -0.25) is 5.41 Å². The minimum atomic E-state index is -0.935. The third-order valence-corrected chi connectivity index (χ3v) is 1.39. The van der Waals surface area contributed by atoms with E-state index in [1.807, 2.05) is 0 Å². The van der Waals surface area contributed by atoms with E-state index in [0.29, 0.717) is 19.4 Å². The fourth-order valence-electron chi connectivity index (χ4n) is 0.841. The minimum Gasteiger partial charge on any atom is -0.480 e. The monoisotopic (exact) mass is 173 g/mol. The molecule has 0 aromatic carbocycles. The van der Waals surface area contributed by atoms with E-state index in [-0.39, 0.29) is 5.84 Å². The van der Waals surface area contributed by atoms with Crippen molar-refractivity contribution in [2.45, 2.75) is 25.8 Å². The highest BCUT2D eigenvalue weighted by Crippen LogP contribution is 1.95. The number of carboxylic acid groups (broad SMARTS) is 1. The van der Waals surface area contributed by atoms with Crippen LogP contribution >= 0.6 is 0 Å². The Morgan fingerprint density at radius 1 is 1.75 bits per heavy atom. The molecule has 12 heavy (non-hydrogen) atoms. The van der Waals surface area contributed by atoms with Crippen molar-refractivity contribution in [3.63, 3.8) is 0 Å². The summed E-state index contributed by atoms with van der Waals surface area (Å²) in [5.74, 6) is -0.769. The summed E-state index contributed by atoms with van der Waals surface area (Å²) < 4.78 is 0. The van der Waals surface area contributed by atoms with Gasteiger partial charge in [-0.25, -0.2) is 4.79 Å². The molecule has 0 aliphatic heterocycles. The zero-order valence-electron chi connectivity index (χ0n) is 7.13. The van der Waals surface area contributed by atoms with Crippen molar-refractivity contribution in [1.82, 2.24) is 5.32 Å². The lowest BCUT2D eigenvalue weighted by atomic mass is 10.1. The lowest BCUT2D eigenvalue weighted by Crippen LogP contribution is -2.39. The largest absolute Gasteiger partial charge is 0.480 e. The van der Waals surface area contributed by atoms with Crippen LogP contribution < -0.4 is 11.1 Å². The topological polar surface area (TPSA) is 99.2 Å². The fraction of sp³-hybridized carbons (Fsp3) is 0.714. The highest BCUT2D eigenvalue weighted by atomic mass is 16.4. The molecular formula is C7H15N3O2. The summed E-state index contributed by atoms with van der Waals surface area (Å²) in [6.45, 7) is 1.99. The van der Waals surface area contributed by atoms with Gasteiger partial charge in [-0.1, -0.05) is 0 Å². The van der Waals surface area contributed by atoms with Crippen LogP contribution in [0.3, 0.4) is 0 Å². The van der Waals surface area contributed by atoms with Crippen LogP contribution in [-0.4, -0.2) is 29.5 Å². The number of nitrogens with one attached hydrogen (secondary N) is 2. The highest BCUT2D eigenvalue weighted by Gasteiger charge is 2.15. The van der Waals surface area contributed by atoms with E-state index in [4.69, 9.17) is 16.2 Å². The van der Waals surface area contributed by atoms with Gasteiger partial charge in [-0.15, -0.1) is 0 Å². The van der Waals surface area contributed by atoms with Crippen molar-refractivity contribution in [1.29, 1.82) is 5.41 Å². The van der Waals surface area contributed by atoms with Gasteiger partial charge >= 0.3 is 5.97 Å². The van der Waals surface area contributed by atoms with E-state index >= 15 is 0 Å². The number of amidine groups is 1. The summed E-state index contributed by atoms with van der Waals surface area (Å²) in [6.07, 6.45) is 1.11. The van der Waals surface area contributed by atoms with Crippen molar-refractivity contribution in [2.24, 2.45) is 5.73 Å². The summed E-state index contributed by atoms with van der Waals surface area (Å²) in [5, 5.41) is 18.2. The average molecular weight is 173 g/mol. The van der Waals surface area contributed by atoms with Gasteiger partial charge in [-0.2, -0.15) is 0 Å². The molecule has 0 unspecified atom stereocenters. The van der Waals surface area contributed by atoms with Gasteiger partial charge in [0.1, 0.15) is 6.04 Å². The molecule has 0 amide bonds. The summed E-state index contributed by atoms with van der Waals surface area (Å²) in [5.41, 5.74) is 5.23. The van der Waals surface area contributed by atoms with E-state index in [2.05, 4.69) is 5.32 Å². The summed E-state index contributed by atoms with van der Waals surface area (Å²) in [4.78, 5) is 10.5. The zero-order valence-corrected chi connectivity index (χ0v) is 7.13. The first-order valence-electron chi connectivity index (χ1n) is 3.82. The van der Waals surface area contributed by atoms with Crippen molar-refractivity contribution in [2.75, 3.05) is 6.54 Å². The second-order valence-corrected chi connectivity index (χ2v) is 2.59. The van der Waals surface area contributed by atoms with Crippen LogP contribution in [0.5, 0.6) is 0 Å². The van der Waals surface area contributed by atoms with Crippen molar-refractivity contribution < 1.29 is 9.90 Å². The maximum atomic E-state index is 10.5. The predicted molar refractivity (Wildman–Crippen MR) is 46.2 cm³/mol. The first-order chi connectivity index (χ1) is 5.57. The standard InChI is InChI=1S/C7H15N3O2/c1-5(9)10-6(7(11)12)3-2-4-8/h6H,2-4,8H2,1H3,(H2,9,10)(H,11,12)/t6-/m1/s1. The molecule has 0 aliphatic carbocycles. The van der Waals surface area contributed by atoms with E-state index in [1.165, 1.54) is 6.92 Å². The molecule has 0 saturated heterocycles. The molecule has 0 saturated carbocycles. The number of aliphatic carboxylic acids is 1. The second-order valence-electron chi connectivity index (χ2n) is 2.59. The molecule has 0 aliphatic rings. The van der Waals surface area contributed by atoms with E-state index in [1.54, 1.807) is 0 Å². The molecule has 0 aromatic heterocycles. The molecule has 0 rings (SSSR count). The van der Waals surface area contributed by atoms with E-state index in [9.17, 15) is 4.79 Å². The second kappa shape index (κ2) is 5.54. The quantitative estimate of drug-likeness (QED) is 0.340. The van der Waals surface area contributed by atoms with Crippen LogP contribution in [0.15, 0.2) is 0 Å². The Morgan fingerprint density at radius 2 is 2.33 bits per heavy atom. The van der Waals surface area contributed by atoms with Crippen molar-refractivity contribution >= 4 is 11.8 Å². The van der Waals surface area contributed by atoms with Crippen LogP contribution in [0.4, 0.5) is 0 Å². The average Bonchev–Trinajstić information content (AvgIpc) is 1.96. The summed E-state index contributed by atoms with van der Waals surface area (Å²) >= 11 is 0. The SMILES string of the molecule is CC(=N)N[C@H](CCCN)C(=O)O. The Bertz CT molecular complexity index is 170. The summed E-state index contributed by atoms with van der Waals surface area (Å²) in [6, 6.07) is -0.675. The summed E-state index contributed by atoms with van der Waals surface area (Å²) in [7, 11) is 0. The fourth-order valence-corrected chi connectivity index (χ4v) is 0.841. The highest BCUT2D eigenvalue weighted by molar-refractivity contribution is 5.83. The first kappa shape index (κ1) is 10.9. The van der Waals surface area contributed by atoms with Gasteiger partial charge < -0.3 is 16.2 Å². The van der Waals surface area contributed by atoms with E-state index in [0.717, 1.165) is 0 Å². The van der Waals surface area contributed by atoms with Crippen LogP contribution in [0, 0.1) is 5.41 Å². The number of hydrogen-bond acceptors (Lipinski definition) is 3. The molecule has 0 aromatic rings. The molecule has 0 bridgehead atoms. The van der Waals surface area contributed by atoms with Gasteiger partial charge in [0.05, 0.1) is 5.84 Å². The lowest BCUT2D eigenvalue weighted by molar-refractivity contribution is -0.139. The number of carboxylic acids is 1. The Labute approximate surface area is 71.5 Å². The third kappa shape index (κ3) is 4.68. The molecular weight excluding hydrogens is 158 g/mol. The lowest BCUT2D eigenvalue weighted by Gasteiger charge is -2.13. The van der Waals surface area contributed by atoms with Gasteiger partial charge in [0, 0.05) is 0 Å². The minimum absolute atomic E-state index is 0.166. The van der Waals surface area contributed by atoms with Gasteiger partial charge in [0.25, 0.3) is 0 Å². The molecule has 0 heterocycles. The van der Waals surface area contributed by atoms with Gasteiger partial charge in [-0.05, 0) is 26.3 Å². The predicted octanol–water partition coefficient (Wildman–Crippen LogP) is -0.235. The molecule has 1 atom stereocenters. The molecule has 5 nitrogen and oxygen atoms in total. The Morgan fingerprint density at radius 3 is 2.67 bits per heavy atom. The molecule has 5 N–H and O–H groups in total. The third-order valence-electron chi connectivity index (χ3n) is 1.39. The number of nitrogens with two attached hydrogens (primary N) is 1. The van der Waals surface area contributed by atoms with Crippen LogP contribution in [0.25, 0.3) is 0 Å². The number of carbonyl (C=O) groups is 1. The van der Waals surface area contributed by atoms with Gasteiger partial charge in [0.15, 0.2) is 0 Å². The normalized spacial score (nSPS) is 12.2. The van der Waals surface area contributed by atoms with Crippen LogP contribution in [0.1, 0.15) is 19.8 Å². The van der Waals surface area contributed by atoms with Crippen LogP contribution in [-0.2, 0) is 4.79 Å². The van der Waals surface area contributed by atoms with Crippen molar-refractivity contribution in [3.8, 4) is 0 Å². The van der Waals surface area contributed by atoms with Crippen molar-refractivity contribution in [3.05, 3.63) is 0 Å². The maximum Gasteiger partial charge on any atom is 0.326 e. The number of hydrogen-bond donors (Lipinski definition) is 4. The van der Waals surface area contributed by atoms with Gasteiger partial charge in [0.2, 0.25) is 0 Å².